The summed E-state index contributed by atoms with van der Waals surface area (Å²) in [5.74, 6) is 1.16. The Bertz CT molecular complexity index is 1130. The molecule has 2 saturated heterocycles. The topological polar surface area (TPSA) is 44.8 Å². The molecule has 6 heteroatoms. The van der Waals surface area contributed by atoms with Crippen LogP contribution in [0.5, 0.6) is 0 Å². The molecule has 5 rings (SSSR count). The fraction of sp³-hybridized carbons (Fsp3) is 0.727. The lowest BCUT2D eigenvalue weighted by molar-refractivity contribution is -0.255. The van der Waals surface area contributed by atoms with Gasteiger partial charge in [0.2, 0.25) is 0 Å². The van der Waals surface area contributed by atoms with E-state index < -0.39 is 33.4 Å². The van der Waals surface area contributed by atoms with Crippen molar-refractivity contribution in [3.8, 4) is 0 Å². The molecule has 7 atom stereocenters. The van der Waals surface area contributed by atoms with E-state index >= 15 is 0 Å². The maximum Gasteiger partial charge on any atom is 0.192 e. The predicted octanol–water partition coefficient (Wildman–Crippen LogP) is 8.25. The van der Waals surface area contributed by atoms with Gasteiger partial charge in [-0.05, 0) is 80.0 Å². The van der Waals surface area contributed by atoms with Gasteiger partial charge >= 0.3 is 0 Å². The summed E-state index contributed by atoms with van der Waals surface area (Å²) < 4.78 is 22.0. The predicted molar refractivity (Wildman–Crippen MR) is 165 cm³/mol. The minimum Gasteiger partial charge on any atom is -0.414 e. The van der Waals surface area contributed by atoms with E-state index in [1.165, 1.54) is 11.1 Å². The Balaban J connectivity index is 1.68. The summed E-state index contributed by atoms with van der Waals surface area (Å²) in [4.78, 5) is 13.5. The Morgan fingerprint density at radius 2 is 1.74 bits per heavy atom. The third kappa shape index (κ3) is 4.80. The summed E-state index contributed by atoms with van der Waals surface area (Å²) in [5.41, 5.74) is 1.28. The van der Waals surface area contributed by atoms with Gasteiger partial charge in [-0.1, -0.05) is 71.0 Å². The molecule has 216 valence electrons. The normalized spacial score (nSPS) is 39.6. The monoisotopic (exact) mass is 568 g/mol. The van der Waals surface area contributed by atoms with E-state index in [-0.39, 0.29) is 16.9 Å². The zero-order valence-electron chi connectivity index (χ0n) is 26.1. The first-order valence-electron chi connectivity index (χ1n) is 15.3. The highest BCUT2D eigenvalue weighted by Crippen LogP contribution is 2.70. The molecule has 2 bridgehead atoms. The molecule has 0 radical (unpaired) electrons. The molecule has 0 unspecified atom stereocenters. The van der Waals surface area contributed by atoms with Crippen LogP contribution < -0.4 is 0 Å². The van der Waals surface area contributed by atoms with Crippen molar-refractivity contribution < 1.29 is 18.4 Å². The Kier molecular flexibility index (Phi) is 7.16. The lowest BCUT2D eigenvalue weighted by atomic mass is 9.59. The van der Waals surface area contributed by atoms with Gasteiger partial charge in [-0.3, -0.25) is 4.79 Å². The van der Waals surface area contributed by atoms with Gasteiger partial charge in [0.05, 0.1) is 23.4 Å². The van der Waals surface area contributed by atoms with E-state index in [0.29, 0.717) is 30.6 Å². The Morgan fingerprint density at radius 3 is 2.36 bits per heavy atom. The van der Waals surface area contributed by atoms with Crippen LogP contribution in [0, 0.1) is 23.7 Å². The molecule has 2 aliphatic carbocycles. The molecule has 2 aliphatic heterocycles. The van der Waals surface area contributed by atoms with Crippen molar-refractivity contribution in [1.29, 1.82) is 0 Å². The van der Waals surface area contributed by atoms with E-state index in [1.807, 2.05) is 0 Å². The van der Waals surface area contributed by atoms with Crippen molar-refractivity contribution in [1.82, 2.24) is 0 Å². The van der Waals surface area contributed by atoms with Crippen molar-refractivity contribution in [2.75, 3.05) is 6.61 Å². The fourth-order valence-corrected chi connectivity index (χ4v) is 10.8. The Morgan fingerprint density at radius 1 is 1.08 bits per heavy atom. The zero-order chi connectivity index (χ0) is 28.6. The quantitative estimate of drug-likeness (QED) is 0.324. The number of carbonyl (C=O) groups excluding carboxylic acids is 1. The first kappa shape index (κ1) is 29.4. The smallest absolute Gasteiger partial charge is 0.192 e. The van der Waals surface area contributed by atoms with E-state index in [9.17, 15) is 4.79 Å². The van der Waals surface area contributed by atoms with Gasteiger partial charge in [0.1, 0.15) is 5.78 Å². The molecule has 1 aromatic rings. The van der Waals surface area contributed by atoms with Gasteiger partial charge in [0.25, 0.3) is 0 Å². The number of ketones is 1. The Hall–Kier alpha value is -1.06. The molecule has 4 nitrogen and oxygen atoms in total. The molecule has 1 spiro atoms. The van der Waals surface area contributed by atoms with Crippen LogP contribution in [0.2, 0.25) is 37.8 Å². The van der Waals surface area contributed by atoms with Gasteiger partial charge < -0.3 is 13.6 Å². The number of Topliss-reactive ketones (excluding diaryl/α,β-unsaturated/α-hetero) is 1. The van der Waals surface area contributed by atoms with Gasteiger partial charge in [-0.2, -0.15) is 0 Å². The number of benzene rings is 1. The zero-order valence-corrected chi connectivity index (χ0v) is 28.1. The second-order valence-corrected chi connectivity index (χ2v) is 25.0. The summed E-state index contributed by atoms with van der Waals surface area (Å²) in [5, 5.41) is 0.125. The van der Waals surface area contributed by atoms with Crippen LogP contribution in [-0.4, -0.2) is 45.8 Å². The van der Waals surface area contributed by atoms with E-state index in [2.05, 4.69) is 104 Å². The van der Waals surface area contributed by atoms with Crippen LogP contribution in [-0.2, 0) is 18.4 Å². The third-order valence-corrected chi connectivity index (χ3v) is 16.4. The second-order valence-electron chi connectivity index (χ2n) is 15.8. The molecule has 0 amide bonds. The minimum atomic E-state index is -2.01. The lowest BCUT2D eigenvalue weighted by Gasteiger charge is -2.59. The van der Waals surface area contributed by atoms with Crippen molar-refractivity contribution in [3.05, 3.63) is 41.5 Å². The van der Waals surface area contributed by atoms with Gasteiger partial charge in [0, 0.05) is 24.7 Å². The van der Waals surface area contributed by atoms with Crippen LogP contribution in [0.15, 0.2) is 35.9 Å². The molecule has 2 heterocycles. The third-order valence-electron chi connectivity index (χ3n) is 11.0. The standard InChI is InChI=1S/C33H52O4Si2/c1-23-18-29-32(37-38(6,7)8,27(23)19-25-14-12-11-13-15-25)21-31(22-35-39(9,10)30(3,4)5)20-26-16-17-28(34)24(2)33(26,29)36-31/h11-15,19,23-24,26,29H,16-18,20-22H2,1-10H3/t23-,24-,26-,29-,31+,32+,33-/m1/s1. The van der Waals surface area contributed by atoms with Crippen molar-refractivity contribution >= 4 is 28.5 Å². The number of hydrogen-bond donors (Lipinski definition) is 0. The second kappa shape index (κ2) is 9.48. The summed E-state index contributed by atoms with van der Waals surface area (Å²) in [6, 6.07) is 10.7. The first-order chi connectivity index (χ1) is 17.9. The number of fused-ring (bicyclic) bond motifs is 2. The molecule has 0 N–H and O–H groups in total. The van der Waals surface area contributed by atoms with E-state index in [4.69, 9.17) is 13.6 Å². The first-order valence-corrected chi connectivity index (χ1v) is 21.6. The molecule has 4 fully saturated rings. The highest BCUT2D eigenvalue weighted by molar-refractivity contribution is 6.74. The number of rotatable bonds is 6. The summed E-state index contributed by atoms with van der Waals surface area (Å²) in [6.07, 6.45) is 6.82. The van der Waals surface area contributed by atoms with Crippen LogP contribution in [0.1, 0.15) is 72.3 Å². The molecule has 0 aromatic heterocycles. The molecule has 39 heavy (non-hydrogen) atoms. The van der Waals surface area contributed by atoms with Crippen molar-refractivity contribution in [2.24, 2.45) is 23.7 Å². The lowest BCUT2D eigenvalue weighted by Crippen LogP contribution is -2.67. The maximum absolute atomic E-state index is 13.5. The van der Waals surface area contributed by atoms with Gasteiger partial charge in [-0.25, -0.2) is 0 Å². The molecular weight excluding hydrogens is 517 g/mol. The molecule has 2 saturated carbocycles. The minimum absolute atomic E-state index is 0.121. The average molecular weight is 569 g/mol. The van der Waals surface area contributed by atoms with Crippen LogP contribution in [0.4, 0.5) is 0 Å². The van der Waals surface area contributed by atoms with Crippen molar-refractivity contribution in [3.63, 3.8) is 0 Å². The van der Waals surface area contributed by atoms with Crippen LogP contribution in [0.25, 0.3) is 6.08 Å². The summed E-state index contributed by atoms with van der Waals surface area (Å²) in [7, 11) is -4.00. The molecular formula is C33H52O4Si2. The van der Waals surface area contributed by atoms with Gasteiger partial charge in [-0.15, -0.1) is 0 Å². The average Bonchev–Trinajstić information content (AvgIpc) is 3.26. The molecule has 4 aliphatic rings. The SMILES string of the molecule is C[C@@H]1C[C@H]2[C@]34O[C@@](CO[Si](C)(C)C(C)(C)C)(C[C@H]3CCC(=O)[C@H]4C)C[C@]2(O[Si](C)(C)C)C1=Cc1ccccc1. The largest absolute Gasteiger partial charge is 0.414 e. The number of hydrogen-bond acceptors (Lipinski definition) is 4. The van der Waals surface area contributed by atoms with Crippen molar-refractivity contribution in [2.45, 2.75) is 121 Å². The number of ether oxygens (including phenoxy) is 1. The van der Waals surface area contributed by atoms with E-state index in [0.717, 1.165) is 25.7 Å². The highest BCUT2D eigenvalue weighted by atomic mass is 28.4. The fourth-order valence-electron chi connectivity index (χ4n) is 8.34. The van der Waals surface area contributed by atoms with Crippen LogP contribution >= 0.6 is 0 Å². The summed E-state index contributed by atoms with van der Waals surface area (Å²) >= 11 is 0. The number of carbonyl (C=O) groups is 1. The Labute approximate surface area is 239 Å². The maximum atomic E-state index is 13.5. The van der Waals surface area contributed by atoms with Gasteiger partial charge in [0.15, 0.2) is 16.6 Å². The molecule has 1 aromatic carbocycles. The van der Waals surface area contributed by atoms with Crippen LogP contribution in [0.3, 0.4) is 0 Å². The highest BCUT2D eigenvalue weighted by Gasteiger charge is 2.76. The summed E-state index contributed by atoms with van der Waals surface area (Å²) in [6.45, 7) is 23.7. The van der Waals surface area contributed by atoms with E-state index in [1.54, 1.807) is 0 Å².